The summed E-state index contributed by atoms with van der Waals surface area (Å²) in [6.45, 7) is 11.4. The molecule has 0 aromatic carbocycles. The summed E-state index contributed by atoms with van der Waals surface area (Å²) in [7, 11) is 0. The molecule has 1 aromatic rings. The first-order valence-corrected chi connectivity index (χ1v) is 40.9. The van der Waals surface area contributed by atoms with Crippen molar-refractivity contribution in [2.75, 3.05) is 30.1 Å². The number of aromatic nitrogens is 2. The van der Waals surface area contributed by atoms with Crippen molar-refractivity contribution < 1.29 is 131 Å². The Morgan fingerprint density at radius 3 is 1.24 bits per heavy atom. The van der Waals surface area contributed by atoms with E-state index in [1.54, 1.807) is 34.0 Å². The van der Waals surface area contributed by atoms with Crippen molar-refractivity contribution >= 4 is 167 Å². The summed E-state index contributed by atoms with van der Waals surface area (Å²) in [4.78, 5) is 300. The highest BCUT2D eigenvalue weighted by molar-refractivity contribution is 7.98. The number of thioether (sulfide) groups is 1. The van der Waals surface area contributed by atoms with Crippen LogP contribution in [0.4, 0.5) is 0 Å². The number of nitrogens with zero attached hydrogens (tertiary/aromatic N) is 2. The van der Waals surface area contributed by atoms with Crippen LogP contribution in [0, 0.1) is 17.8 Å². The lowest BCUT2D eigenvalue weighted by Gasteiger charge is -2.30. The van der Waals surface area contributed by atoms with Gasteiger partial charge < -0.3 is 127 Å². The first-order valence-electron chi connectivity index (χ1n) is 38.2. The van der Waals surface area contributed by atoms with Gasteiger partial charge in [0.15, 0.2) is 0 Å². The molecule has 0 spiro atoms. The quantitative estimate of drug-likeness (QED) is 0.0269. The summed E-state index contributed by atoms with van der Waals surface area (Å²) >= 11 is 9.70. The number of carbonyl (C=O) groups is 22. The van der Waals surface area contributed by atoms with Crippen LogP contribution in [0.5, 0.6) is 0 Å². The van der Waals surface area contributed by atoms with Crippen LogP contribution >= 0.6 is 37.0 Å². The Balaban J connectivity index is 2.37. The van der Waals surface area contributed by atoms with Gasteiger partial charge >= 0.3 is 29.8 Å². The number of hydrogen-bond acceptors (Lipinski definition) is 27. The molecule has 0 saturated carbocycles. The third-order valence-electron chi connectivity index (χ3n) is 18.5. The predicted molar refractivity (Wildman–Crippen MR) is 431 cm³/mol. The first-order chi connectivity index (χ1) is 56.6. The van der Waals surface area contributed by atoms with Crippen molar-refractivity contribution in [1.29, 1.82) is 0 Å². The second-order valence-electron chi connectivity index (χ2n) is 29.3. The first kappa shape index (κ1) is 106. The van der Waals surface area contributed by atoms with Gasteiger partial charge in [0.1, 0.15) is 90.6 Å². The third kappa shape index (κ3) is 37.4. The molecule has 121 heavy (non-hydrogen) atoms. The van der Waals surface area contributed by atoms with E-state index in [1.165, 1.54) is 38.1 Å². The molecule has 1 aliphatic rings. The average Bonchev–Trinajstić information content (AvgIpc) is 1.70. The molecule has 47 nitrogen and oxygen atoms in total. The molecule has 0 bridgehead atoms. The number of H-pyrrole nitrogens is 1. The van der Waals surface area contributed by atoms with Gasteiger partial charge in [0.25, 0.3) is 0 Å². The Kier molecular flexibility index (Phi) is 45.9. The zero-order chi connectivity index (χ0) is 92.0. The zero-order valence-corrected chi connectivity index (χ0v) is 70.6. The molecule has 26 N–H and O–H groups in total. The van der Waals surface area contributed by atoms with Crippen molar-refractivity contribution in [3.05, 3.63) is 18.2 Å². The summed E-state index contributed by atoms with van der Waals surface area (Å²) < 4.78 is 0. The number of imidazole rings is 1. The fourth-order valence-electron chi connectivity index (χ4n) is 11.6. The molecule has 17 amide bonds. The summed E-state index contributed by atoms with van der Waals surface area (Å²) in [5, 5.41) is 80.7. The van der Waals surface area contributed by atoms with Crippen molar-refractivity contribution in [2.45, 2.75) is 242 Å². The van der Waals surface area contributed by atoms with E-state index in [0.717, 1.165) is 18.7 Å². The molecular weight excluding hydrogens is 1660 g/mol. The summed E-state index contributed by atoms with van der Waals surface area (Å²) in [5.41, 5.74) is 17.1. The largest absolute Gasteiger partial charge is 0.481 e. The summed E-state index contributed by atoms with van der Waals surface area (Å²) in [6.07, 6.45) is -3.53. The van der Waals surface area contributed by atoms with E-state index in [4.69, 9.17) is 17.2 Å². The highest BCUT2D eigenvalue weighted by Gasteiger charge is 2.42. The number of carboxylic acids is 5. The molecule has 0 unspecified atom stereocenters. The van der Waals surface area contributed by atoms with Crippen molar-refractivity contribution in [3.63, 3.8) is 0 Å². The number of hydrogen-bond donors (Lipinski definition) is 25. The lowest BCUT2D eigenvalue weighted by Crippen LogP contribution is -2.62. The Bertz CT molecular complexity index is 3880. The van der Waals surface area contributed by atoms with Crippen molar-refractivity contribution in [2.24, 2.45) is 35.0 Å². The molecule has 0 radical (unpaired) electrons. The number of nitrogens with two attached hydrogens (primary N) is 3. The molecule has 50 heteroatoms. The minimum absolute atomic E-state index is 0.00122. The monoisotopic (exact) mass is 1770 g/mol. The standard InChI is InChI=1S/C71H112N20O27S3/c1-30(2)53(68(114)85-41(23-35-26-75-29-76-35)65(111)90-55(32(5)6)71(117)118)89-69(115)54(31(3)4)88-57(103)34(8)77-59(105)37(12-16-47(73)92)80-60(106)39(14-18-50(96)97)81-66(112)44(27-119)86-64(110)43(25-52(100)101)84-61(107)38(13-17-49(94)95)79-56(102)33(7)78-63(109)42(24-48(74)93)83-62(108)40(15-19-51(98)99)82-67(113)46-11-10-21-91(46)70(116)45(28-120)87-58(104)36(72)20-22-121-9/h26,29-34,36-46,53-55,119-120H,10-25,27-28,72H2,1-9H3,(H2,73,92)(H2,74,93)(H,75,76)(H,77,105)(H,78,109)(H,79,102)(H,80,106)(H,81,112)(H,82,113)(H,83,108)(H,84,107)(H,85,114)(H,86,110)(H,87,104)(H,88,103)(H,89,115)(H,90,111)(H,94,95)(H,96,97)(H,98,99)(H,100,101)(H,117,118)/t33-,34-,36-,37-,38-,39-,40-,41-,42-,43-,44-,45-,46-,53-,54-,55-/m0/s1. The number of carbonyl (C=O) groups excluding carboxylic acids is 17. The van der Waals surface area contributed by atoms with Crippen LogP contribution < -0.4 is 91.6 Å². The van der Waals surface area contributed by atoms with Crippen LogP contribution in [-0.4, -0.2) is 297 Å². The van der Waals surface area contributed by atoms with Crippen LogP contribution in [-0.2, 0) is 112 Å². The predicted octanol–water partition coefficient (Wildman–Crippen LogP) is -8.03. The lowest BCUT2D eigenvalue weighted by atomic mass is 9.98. The summed E-state index contributed by atoms with van der Waals surface area (Å²) in [6, 6.07) is -26.3. The van der Waals surface area contributed by atoms with E-state index in [-0.39, 0.29) is 38.0 Å². The number of aliphatic carboxylic acids is 5. The highest BCUT2D eigenvalue weighted by Crippen LogP contribution is 2.21. The van der Waals surface area contributed by atoms with E-state index in [9.17, 15) is 131 Å². The third-order valence-corrected chi connectivity index (χ3v) is 19.8. The average molecular weight is 1770 g/mol. The smallest absolute Gasteiger partial charge is 0.326 e. The number of primary amides is 2. The molecule has 1 aromatic heterocycles. The van der Waals surface area contributed by atoms with Crippen LogP contribution in [0.25, 0.3) is 0 Å². The van der Waals surface area contributed by atoms with Gasteiger partial charge in [0.05, 0.1) is 25.2 Å². The van der Waals surface area contributed by atoms with E-state index < -0.39 is 315 Å². The van der Waals surface area contributed by atoms with Crippen LogP contribution in [0.15, 0.2) is 12.5 Å². The number of rotatable bonds is 56. The number of aromatic amines is 1. The summed E-state index contributed by atoms with van der Waals surface area (Å²) in [5.74, 6) is -29.2. The maximum atomic E-state index is 14.1. The van der Waals surface area contributed by atoms with Crippen LogP contribution in [0.1, 0.15) is 145 Å². The van der Waals surface area contributed by atoms with E-state index >= 15 is 0 Å². The molecule has 16 atom stereocenters. The van der Waals surface area contributed by atoms with Gasteiger partial charge in [-0.1, -0.05) is 41.5 Å². The highest BCUT2D eigenvalue weighted by atomic mass is 32.2. The Morgan fingerprint density at radius 1 is 0.438 bits per heavy atom. The number of carboxylic acid groups (broad SMARTS) is 5. The SMILES string of the molecule is CSCC[C@H](N)C(=O)N[C@@H](CS)C(=O)N1CCC[C@H]1C(=O)N[C@@H](CCC(=O)O)C(=O)N[C@@H](CC(N)=O)C(=O)N[C@@H](C)C(=O)N[C@@H](CCC(=O)O)C(=O)N[C@@H](CC(=O)O)C(=O)N[C@@H](CS)C(=O)N[C@@H](CCC(=O)O)C(=O)N[C@@H](CCC(N)=O)C(=O)N[C@@H](C)C(=O)N[C@H](C(=O)N[C@H](C(=O)N[C@@H](Cc1cnc[nH]1)C(=O)N[C@H](C(=O)O)C(C)C)C(C)C)C(C)C. The molecule has 2 rings (SSSR count). The lowest BCUT2D eigenvalue weighted by molar-refractivity contribution is -0.144. The number of thiol groups is 2. The van der Waals surface area contributed by atoms with Crippen LogP contribution in [0.2, 0.25) is 0 Å². The van der Waals surface area contributed by atoms with Crippen molar-refractivity contribution in [3.8, 4) is 0 Å². The molecular formula is C71H112N20O27S3. The van der Waals surface area contributed by atoms with Gasteiger partial charge in [-0.2, -0.15) is 37.0 Å². The van der Waals surface area contributed by atoms with Gasteiger partial charge in [-0.25, -0.2) is 9.78 Å². The fourth-order valence-corrected chi connectivity index (χ4v) is 12.6. The molecule has 1 aliphatic heterocycles. The maximum absolute atomic E-state index is 14.1. The van der Waals surface area contributed by atoms with Gasteiger partial charge in [-0.05, 0) is 88.6 Å². The van der Waals surface area contributed by atoms with Crippen molar-refractivity contribution in [1.82, 2.24) is 89.3 Å². The Labute approximate surface area is 709 Å². The van der Waals surface area contributed by atoms with Gasteiger partial charge in [0.2, 0.25) is 100 Å². The second-order valence-corrected chi connectivity index (χ2v) is 31.1. The van der Waals surface area contributed by atoms with Gasteiger partial charge in [-0.3, -0.25) is 101 Å². The number of amides is 17. The molecule has 0 aliphatic carbocycles. The van der Waals surface area contributed by atoms with E-state index in [0.29, 0.717) is 11.4 Å². The number of nitrogens with one attached hydrogen (secondary N) is 15. The minimum Gasteiger partial charge on any atom is -0.481 e. The maximum Gasteiger partial charge on any atom is 0.326 e. The molecule has 1 saturated heterocycles. The molecule has 2 heterocycles. The van der Waals surface area contributed by atoms with Gasteiger partial charge in [0, 0.05) is 62.0 Å². The van der Waals surface area contributed by atoms with Crippen LogP contribution in [0.3, 0.4) is 0 Å². The molecule has 1 fully saturated rings. The van der Waals surface area contributed by atoms with E-state index in [1.807, 2.05) is 5.32 Å². The normalized spacial score (nSPS) is 16.1. The fraction of sp³-hybridized carbons (Fsp3) is 0.648. The second kappa shape index (κ2) is 52.6. The molecule has 676 valence electrons. The Hall–Kier alpha value is -11.4. The zero-order valence-electron chi connectivity index (χ0n) is 68.0. The number of likely N-dealkylation sites (tertiary alicyclic amines) is 1. The van der Waals surface area contributed by atoms with E-state index in [2.05, 4.69) is 104 Å². The van der Waals surface area contributed by atoms with Gasteiger partial charge in [-0.15, -0.1) is 0 Å². The topological polar surface area (TPSA) is 755 Å². The minimum atomic E-state index is -2.23. The Morgan fingerprint density at radius 2 is 0.810 bits per heavy atom.